The van der Waals surface area contributed by atoms with Crippen molar-refractivity contribution >= 4 is 0 Å². The van der Waals surface area contributed by atoms with Gasteiger partial charge in [-0.25, -0.2) is 0 Å². The van der Waals surface area contributed by atoms with E-state index in [0.717, 1.165) is 26.2 Å². The second-order valence-corrected chi connectivity index (χ2v) is 2.76. The minimum Gasteiger partial charge on any atom is -0.662 e. The zero-order chi connectivity index (χ0) is 7.07. The van der Waals surface area contributed by atoms with Gasteiger partial charge >= 0.3 is 26.2 Å². The fraction of sp³-hybridized carbons (Fsp3) is 1.00. The van der Waals surface area contributed by atoms with Crippen LogP contribution in [0.1, 0.15) is 25.7 Å². The summed E-state index contributed by atoms with van der Waals surface area (Å²) >= 11 is 0. The Kier molecular flexibility index (Phi) is 22.5. The molecule has 0 aromatic rings. The number of halogens is 2. The van der Waals surface area contributed by atoms with Gasteiger partial charge in [0.25, 0.3) is 0 Å². The van der Waals surface area contributed by atoms with Crippen LogP contribution in [0.15, 0.2) is 0 Å². The third-order valence-electron chi connectivity index (χ3n) is 1.76. The van der Waals surface area contributed by atoms with E-state index < -0.39 is 0 Å². The van der Waals surface area contributed by atoms with Crippen molar-refractivity contribution in [2.45, 2.75) is 25.7 Å². The van der Waals surface area contributed by atoms with Crippen LogP contribution in [0.3, 0.4) is 0 Å². The van der Waals surface area contributed by atoms with Crippen LogP contribution >= 0.6 is 0 Å². The van der Waals surface area contributed by atoms with Crippen molar-refractivity contribution in [1.29, 1.82) is 0 Å². The molecule has 2 nitrogen and oxygen atoms in total. The van der Waals surface area contributed by atoms with Crippen LogP contribution in [0.4, 0.5) is 9.41 Å². The molecule has 0 N–H and O–H groups in total. The summed E-state index contributed by atoms with van der Waals surface area (Å²) in [4.78, 5) is 0. The molecule has 0 aromatic heterocycles. The SMILES string of the molecule is C1CC[N-]C1.C1CC[N-]C1.F.F.[Zr+2]. The molecule has 5 heteroatoms. The topological polar surface area (TPSA) is 28.2 Å². The Morgan fingerprint density at radius 3 is 0.846 bits per heavy atom. The van der Waals surface area contributed by atoms with E-state index in [1.165, 1.54) is 25.7 Å². The summed E-state index contributed by atoms with van der Waals surface area (Å²) in [6, 6.07) is 0. The molecule has 0 aromatic carbocycles. The molecule has 0 spiro atoms. The number of rotatable bonds is 0. The van der Waals surface area contributed by atoms with Crippen molar-refractivity contribution in [3.8, 4) is 0 Å². The van der Waals surface area contributed by atoms with Gasteiger partial charge in [-0.3, -0.25) is 9.41 Å². The molecule has 0 unspecified atom stereocenters. The third kappa shape index (κ3) is 12.7. The average Bonchev–Trinajstić information content (AvgIpc) is 2.67. The Balaban J connectivity index is -0.000000125. The van der Waals surface area contributed by atoms with E-state index in [4.69, 9.17) is 0 Å². The normalized spacial score (nSPS) is 18.5. The number of hydrogen-bond donors (Lipinski definition) is 0. The molecule has 2 aliphatic rings. The first-order valence-electron chi connectivity index (χ1n) is 4.26. The standard InChI is InChI=1S/2C4H8N.2FH.Zr/c2*1-2-4-5-3-1;;;/h2*1-4H2;2*1H;/q2*-1;;;+2. The summed E-state index contributed by atoms with van der Waals surface area (Å²) in [5, 5.41) is 8.17. The molecule has 78 valence electrons. The van der Waals surface area contributed by atoms with E-state index in [1.807, 2.05) is 0 Å². The van der Waals surface area contributed by atoms with Crippen molar-refractivity contribution in [2.75, 3.05) is 26.2 Å². The van der Waals surface area contributed by atoms with Crippen molar-refractivity contribution in [3.63, 3.8) is 0 Å². The third-order valence-corrected chi connectivity index (χ3v) is 1.76. The average molecular weight is 271 g/mol. The maximum absolute atomic E-state index is 4.08. The van der Waals surface area contributed by atoms with Gasteiger partial charge in [0, 0.05) is 0 Å². The molecule has 0 bridgehead atoms. The molecule has 2 aliphatic heterocycles. The second kappa shape index (κ2) is 15.1. The summed E-state index contributed by atoms with van der Waals surface area (Å²) in [5.41, 5.74) is 0. The van der Waals surface area contributed by atoms with Gasteiger partial charge in [-0.2, -0.15) is 0 Å². The van der Waals surface area contributed by atoms with Gasteiger partial charge in [-0.1, -0.05) is 25.7 Å². The Labute approximate surface area is 98.1 Å². The van der Waals surface area contributed by atoms with E-state index in [-0.39, 0.29) is 35.6 Å². The number of nitrogens with zero attached hydrogens (tertiary/aromatic N) is 2. The van der Waals surface area contributed by atoms with E-state index in [1.54, 1.807) is 0 Å². The van der Waals surface area contributed by atoms with Crippen molar-refractivity contribution in [1.82, 2.24) is 0 Å². The molecule has 2 heterocycles. The maximum Gasteiger partial charge on any atom is 2.00 e. The molecule has 0 aliphatic carbocycles. The fourth-order valence-electron chi connectivity index (χ4n) is 1.12. The molecule has 2 rings (SSSR count). The first-order valence-corrected chi connectivity index (χ1v) is 4.26. The van der Waals surface area contributed by atoms with E-state index in [2.05, 4.69) is 10.6 Å². The fourth-order valence-corrected chi connectivity index (χ4v) is 1.12. The van der Waals surface area contributed by atoms with Crippen LogP contribution in [0, 0.1) is 0 Å². The molecule has 0 atom stereocenters. The molecule has 2 fully saturated rings. The minimum atomic E-state index is 0. The summed E-state index contributed by atoms with van der Waals surface area (Å²) in [6.45, 7) is 4.50. The van der Waals surface area contributed by atoms with Crippen LogP contribution in [0.2, 0.25) is 0 Å². The zero-order valence-electron chi connectivity index (χ0n) is 7.87. The van der Waals surface area contributed by atoms with Gasteiger partial charge in [-0.05, 0) is 0 Å². The Morgan fingerprint density at radius 2 is 0.769 bits per heavy atom. The minimum absolute atomic E-state index is 0. The molecule has 0 radical (unpaired) electrons. The summed E-state index contributed by atoms with van der Waals surface area (Å²) in [5.74, 6) is 0. The van der Waals surface area contributed by atoms with Gasteiger partial charge in [0.05, 0.1) is 0 Å². The summed E-state index contributed by atoms with van der Waals surface area (Å²) in [6.07, 6.45) is 5.33. The largest absolute Gasteiger partial charge is 2.00 e. The molecular formula is C8H18F2N2Zr. The molecular weight excluding hydrogens is 253 g/mol. The van der Waals surface area contributed by atoms with Crippen molar-refractivity contribution < 1.29 is 35.6 Å². The van der Waals surface area contributed by atoms with Crippen LogP contribution in [-0.2, 0) is 26.2 Å². The Hall–Kier alpha value is 0.663. The molecule has 0 saturated carbocycles. The number of hydrogen-bond acceptors (Lipinski definition) is 0. The molecule has 0 amide bonds. The van der Waals surface area contributed by atoms with Gasteiger partial charge < -0.3 is 10.6 Å². The monoisotopic (exact) mass is 270 g/mol. The van der Waals surface area contributed by atoms with Gasteiger partial charge in [0.15, 0.2) is 0 Å². The van der Waals surface area contributed by atoms with E-state index >= 15 is 0 Å². The van der Waals surface area contributed by atoms with Crippen LogP contribution in [-0.4, -0.2) is 26.2 Å². The van der Waals surface area contributed by atoms with Crippen LogP contribution in [0.5, 0.6) is 0 Å². The van der Waals surface area contributed by atoms with Gasteiger partial charge in [0.2, 0.25) is 0 Å². The van der Waals surface area contributed by atoms with Gasteiger partial charge in [-0.15, -0.1) is 26.2 Å². The summed E-state index contributed by atoms with van der Waals surface area (Å²) < 4.78 is 0. The maximum atomic E-state index is 4.08. The van der Waals surface area contributed by atoms with Crippen molar-refractivity contribution in [2.24, 2.45) is 0 Å². The molecule has 2 saturated heterocycles. The van der Waals surface area contributed by atoms with Crippen molar-refractivity contribution in [3.05, 3.63) is 10.6 Å². The Morgan fingerprint density at radius 1 is 0.538 bits per heavy atom. The molecule has 13 heavy (non-hydrogen) atoms. The van der Waals surface area contributed by atoms with Gasteiger partial charge in [0.1, 0.15) is 0 Å². The van der Waals surface area contributed by atoms with E-state index in [9.17, 15) is 0 Å². The zero-order valence-corrected chi connectivity index (χ0v) is 10.3. The first kappa shape index (κ1) is 19.3. The van der Waals surface area contributed by atoms with Crippen LogP contribution in [0.25, 0.3) is 10.6 Å². The van der Waals surface area contributed by atoms with E-state index in [0.29, 0.717) is 0 Å². The quantitative estimate of drug-likeness (QED) is 0.648. The summed E-state index contributed by atoms with van der Waals surface area (Å²) in [7, 11) is 0. The Bertz CT molecular complexity index is 53.3. The smallest absolute Gasteiger partial charge is 0.662 e. The second-order valence-electron chi connectivity index (χ2n) is 2.76. The predicted octanol–water partition coefficient (Wildman–Crippen LogP) is 2.61. The predicted molar refractivity (Wildman–Crippen MR) is 49.7 cm³/mol. The van der Waals surface area contributed by atoms with Crippen LogP contribution < -0.4 is 0 Å². The first-order chi connectivity index (χ1) is 5.00.